The molecule has 0 atom stereocenters. The van der Waals surface area contributed by atoms with E-state index in [0.29, 0.717) is 34.5 Å². The average molecular weight is 440 g/mol. The van der Waals surface area contributed by atoms with Gasteiger partial charge in [-0.15, -0.1) is 0 Å². The normalized spacial score (nSPS) is 10.7. The molecule has 4 rings (SSSR count). The number of carbonyl (C=O) groups excluding carboxylic acids is 2. The average Bonchev–Trinajstić information content (AvgIpc) is 2.85. The minimum absolute atomic E-state index is 0.158. The number of rotatable bonds is 6. The molecule has 0 bridgehead atoms. The summed E-state index contributed by atoms with van der Waals surface area (Å²) in [4.78, 5) is 38.2. The van der Waals surface area contributed by atoms with E-state index in [2.05, 4.69) is 10.6 Å². The number of para-hydroxylation sites is 1. The van der Waals surface area contributed by atoms with Crippen molar-refractivity contribution in [2.24, 2.45) is 0 Å². The molecule has 0 saturated heterocycles. The fourth-order valence-electron chi connectivity index (χ4n) is 3.60. The summed E-state index contributed by atoms with van der Waals surface area (Å²) in [5, 5.41) is 5.99. The fourth-order valence-corrected chi connectivity index (χ4v) is 3.60. The van der Waals surface area contributed by atoms with E-state index in [1.165, 1.54) is 0 Å². The van der Waals surface area contributed by atoms with E-state index in [1.807, 2.05) is 37.3 Å². The van der Waals surface area contributed by atoms with Crippen LogP contribution in [-0.4, -0.2) is 18.4 Å². The number of hydrogen-bond donors (Lipinski definition) is 2. The van der Waals surface area contributed by atoms with Crippen LogP contribution in [0.4, 0.5) is 5.69 Å². The molecule has 0 aliphatic rings. The van der Waals surface area contributed by atoms with E-state index >= 15 is 0 Å². The third-order valence-electron chi connectivity index (χ3n) is 5.37. The lowest BCUT2D eigenvalue weighted by molar-refractivity contribution is 0.0953. The number of hydrogen-bond acceptors (Lipinski definition) is 4. The summed E-state index contributed by atoms with van der Waals surface area (Å²) in [6.07, 6.45) is 0.854. The number of carbonyl (C=O) groups is 2. The van der Waals surface area contributed by atoms with E-state index in [0.717, 1.165) is 12.0 Å². The number of fused-ring (bicyclic) bond motifs is 1. The van der Waals surface area contributed by atoms with Gasteiger partial charge in [0.2, 0.25) is 0 Å². The summed E-state index contributed by atoms with van der Waals surface area (Å²) in [6, 6.07) is 20.9. The summed E-state index contributed by atoms with van der Waals surface area (Å²) in [6.45, 7) is 4.31. The highest BCUT2D eigenvalue weighted by atomic mass is 16.3. The van der Waals surface area contributed by atoms with Crippen LogP contribution in [0.25, 0.3) is 22.3 Å². The molecule has 6 heteroatoms. The smallest absolute Gasteiger partial charge is 0.259 e. The molecular formula is C27H24N2O4. The van der Waals surface area contributed by atoms with Crippen LogP contribution >= 0.6 is 0 Å². The number of nitrogens with one attached hydrogen (secondary N) is 2. The maximum Gasteiger partial charge on any atom is 0.259 e. The first kappa shape index (κ1) is 22.0. The van der Waals surface area contributed by atoms with Crippen molar-refractivity contribution >= 4 is 28.5 Å². The van der Waals surface area contributed by atoms with Gasteiger partial charge in [0, 0.05) is 28.9 Å². The van der Waals surface area contributed by atoms with Crippen molar-refractivity contribution in [3.63, 3.8) is 0 Å². The summed E-state index contributed by atoms with van der Waals surface area (Å²) < 4.78 is 6.12. The Morgan fingerprint density at radius 2 is 1.61 bits per heavy atom. The van der Waals surface area contributed by atoms with E-state index in [-0.39, 0.29) is 22.5 Å². The molecule has 2 amide bonds. The zero-order valence-electron chi connectivity index (χ0n) is 18.5. The first-order valence-corrected chi connectivity index (χ1v) is 10.8. The van der Waals surface area contributed by atoms with Gasteiger partial charge in [-0.1, -0.05) is 43.3 Å². The summed E-state index contributed by atoms with van der Waals surface area (Å²) in [5.41, 5.74) is 2.62. The van der Waals surface area contributed by atoms with Crippen LogP contribution in [0.1, 0.15) is 39.6 Å². The van der Waals surface area contributed by atoms with Crippen LogP contribution in [0.3, 0.4) is 0 Å². The van der Waals surface area contributed by atoms with Crippen molar-refractivity contribution in [2.75, 3.05) is 11.9 Å². The minimum atomic E-state index is -0.408. The Balaban J connectivity index is 1.67. The zero-order chi connectivity index (χ0) is 23.4. The molecule has 0 aliphatic carbocycles. The second kappa shape index (κ2) is 9.53. The van der Waals surface area contributed by atoms with E-state index in [9.17, 15) is 14.4 Å². The topological polar surface area (TPSA) is 88.4 Å². The molecule has 2 N–H and O–H groups in total. The highest BCUT2D eigenvalue weighted by Crippen LogP contribution is 2.27. The van der Waals surface area contributed by atoms with Gasteiger partial charge in [0.15, 0.2) is 11.0 Å². The Bertz CT molecular complexity index is 1370. The number of amides is 2. The lowest BCUT2D eigenvalue weighted by Gasteiger charge is -2.11. The van der Waals surface area contributed by atoms with Gasteiger partial charge >= 0.3 is 0 Å². The first-order valence-electron chi connectivity index (χ1n) is 10.8. The SMILES string of the molecule is CCCNC(=O)c1ccc(NC(=O)c2cccc3c(=O)c(C)c(-c4ccccc4)oc23)cc1. The zero-order valence-corrected chi connectivity index (χ0v) is 18.5. The van der Waals surface area contributed by atoms with Crippen LogP contribution in [0.15, 0.2) is 82.0 Å². The highest BCUT2D eigenvalue weighted by Gasteiger charge is 2.18. The predicted molar refractivity (Wildman–Crippen MR) is 130 cm³/mol. The van der Waals surface area contributed by atoms with Crippen LogP contribution in [0.2, 0.25) is 0 Å². The molecule has 6 nitrogen and oxygen atoms in total. The van der Waals surface area contributed by atoms with E-state index in [4.69, 9.17) is 4.42 Å². The van der Waals surface area contributed by atoms with Crippen LogP contribution in [-0.2, 0) is 0 Å². The van der Waals surface area contributed by atoms with Crippen LogP contribution in [0, 0.1) is 6.92 Å². The van der Waals surface area contributed by atoms with Crippen molar-refractivity contribution in [3.8, 4) is 11.3 Å². The minimum Gasteiger partial charge on any atom is -0.455 e. The van der Waals surface area contributed by atoms with Gasteiger partial charge in [-0.05, 0) is 49.7 Å². The van der Waals surface area contributed by atoms with Crippen molar-refractivity contribution in [2.45, 2.75) is 20.3 Å². The van der Waals surface area contributed by atoms with Gasteiger partial charge in [-0.25, -0.2) is 0 Å². The maximum absolute atomic E-state index is 13.1. The second-order valence-electron chi connectivity index (χ2n) is 7.72. The molecule has 0 aliphatic heterocycles. The molecule has 1 heterocycles. The van der Waals surface area contributed by atoms with Crippen LogP contribution < -0.4 is 16.1 Å². The van der Waals surface area contributed by atoms with Gasteiger partial charge in [-0.2, -0.15) is 0 Å². The molecule has 0 saturated carbocycles. The molecule has 33 heavy (non-hydrogen) atoms. The molecule has 3 aromatic carbocycles. The molecular weight excluding hydrogens is 416 g/mol. The highest BCUT2D eigenvalue weighted by molar-refractivity contribution is 6.11. The molecule has 0 fully saturated rings. The number of benzene rings is 3. The van der Waals surface area contributed by atoms with Crippen LogP contribution in [0.5, 0.6) is 0 Å². The fraction of sp³-hybridized carbons (Fsp3) is 0.148. The van der Waals surface area contributed by atoms with E-state index < -0.39 is 5.91 Å². The quantitative estimate of drug-likeness (QED) is 0.433. The molecule has 1 aromatic heterocycles. The third-order valence-corrected chi connectivity index (χ3v) is 5.37. The standard InChI is InChI=1S/C27H24N2O4/c1-3-16-28-26(31)19-12-14-20(15-13-19)29-27(32)22-11-7-10-21-23(30)17(2)24(33-25(21)22)18-8-5-4-6-9-18/h4-15H,3,16H2,1-2H3,(H,28,31)(H,29,32). The molecule has 0 unspecified atom stereocenters. The van der Waals surface area contributed by atoms with Crippen molar-refractivity contribution < 1.29 is 14.0 Å². The van der Waals surface area contributed by atoms with Gasteiger partial charge in [-0.3, -0.25) is 14.4 Å². The van der Waals surface area contributed by atoms with Crippen molar-refractivity contribution in [1.82, 2.24) is 5.32 Å². The number of anilines is 1. The molecule has 0 spiro atoms. The first-order chi connectivity index (χ1) is 16.0. The Labute approximate surface area is 191 Å². The predicted octanol–water partition coefficient (Wildman–Crippen LogP) is 5.16. The van der Waals surface area contributed by atoms with Gasteiger partial charge in [0.25, 0.3) is 11.8 Å². The summed E-state index contributed by atoms with van der Waals surface area (Å²) >= 11 is 0. The Morgan fingerprint density at radius 3 is 2.30 bits per heavy atom. The molecule has 4 aromatic rings. The van der Waals surface area contributed by atoms with Crippen molar-refractivity contribution in [1.29, 1.82) is 0 Å². The Hall–Kier alpha value is -4.19. The third kappa shape index (κ3) is 4.55. The van der Waals surface area contributed by atoms with Gasteiger partial charge in [0.1, 0.15) is 5.76 Å². The van der Waals surface area contributed by atoms with Crippen molar-refractivity contribution in [3.05, 3.63) is 99.7 Å². The Kier molecular flexibility index (Phi) is 6.36. The second-order valence-corrected chi connectivity index (χ2v) is 7.72. The molecule has 0 radical (unpaired) electrons. The summed E-state index contributed by atoms with van der Waals surface area (Å²) in [5.74, 6) is -0.125. The van der Waals surface area contributed by atoms with Gasteiger partial charge in [0.05, 0.1) is 10.9 Å². The maximum atomic E-state index is 13.1. The lowest BCUT2D eigenvalue weighted by atomic mass is 10.0. The Morgan fingerprint density at radius 1 is 0.879 bits per heavy atom. The monoisotopic (exact) mass is 440 g/mol. The largest absolute Gasteiger partial charge is 0.455 e. The van der Waals surface area contributed by atoms with E-state index in [1.54, 1.807) is 49.4 Å². The summed E-state index contributed by atoms with van der Waals surface area (Å²) in [7, 11) is 0. The molecule has 166 valence electrons. The lowest BCUT2D eigenvalue weighted by Crippen LogP contribution is -2.23. The van der Waals surface area contributed by atoms with Gasteiger partial charge < -0.3 is 15.1 Å².